The largest absolute Gasteiger partial charge is 0.399 e. The Kier molecular flexibility index (Phi) is 11.7. The van der Waals surface area contributed by atoms with Crippen molar-refractivity contribution in [3.05, 3.63) is 217 Å². The van der Waals surface area contributed by atoms with Crippen LogP contribution < -0.4 is 0 Å². The molecule has 7 heteroatoms. The maximum Gasteiger partial charge on any atom is 0.399 e. The average molecular weight is 979 g/mol. The Hall–Kier alpha value is -6.79. The van der Waals surface area contributed by atoms with Crippen molar-refractivity contribution in [2.45, 2.75) is 13.1 Å². The summed E-state index contributed by atoms with van der Waals surface area (Å²) in [6.07, 6.45) is -0.911. The molecule has 0 aliphatic carbocycles. The van der Waals surface area contributed by atoms with Crippen LogP contribution in [-0.4, -0.2) is 9.97 Å². The van der Waals surface area contributed by atoms with Crippen molar-refractivity contribution in [3.63, 3.8) is 0 Å². The Morgan fingerprint density at radius 3 is 1.67 bits per heavy atom. The summed E-state index contributed by atoms with van der Waals surface area (Å²) < 4.78 is 55.0. The maximum atomic E-state index is 13.8. The van der Waals surface area contributed by atoms with E-state index in [1.165, 1.54) is 18.2 Å². The smallest absolute Gasteiger partial charge is 0.304 e. The zero-order valence-corrected chi connectivity index (χ0v) is 35.0. The topological polar surface area (TPSA) is 25.8 Å². The van der Waals surface area contributed by atoms with Crippen molar-refractivity contribution in [1.29, 1.82) is 0 Å². The van der Waals surface area contributed by atoms with Crippen molar-refractivity contribution in [2.24, 2.45) is 0 Å². The van der Waals surface area contributed by atoms with Gasteiger partial charge in [0.25, 0.3) is 0 Å². The number of halogens is 4. The third-order valence-corrected chi connectivity index (χ3v) is 10.6. The van der Waals surface area contributed by atoms with Crippen LogP contribution in [-0.2, 0) is 26.3 Å². The van der Waals surface area contributed by atoms with Gasteiger partial charge in [0, 0.05) is 43.9 Å². The van der Waals surface area contributed by atoms with Gasteiger partial charge in [-0.25, -0.2) is 0 Å². The predicted octanol–water partition coefficient (Wildman–Crippen LogP) is 14.9. The summed E-state index contributed by atoms with van der Waals surface area (Å²) >= 11 is 0. The van der Waals surface area contributed by atoms with Gasteiger partial charge in [0.15, 0.2) is 0 Å². The number of benzene rings is 7. The summed E-state index contributed by atoms with van der Waals surface area (Å²) in [6.45, 7) is 2.08. The number of rotatable bonds is 8. The first-order valence-electron chi connectivity index (χ1n) is 19.4. The van der Waals surface area contributed by atoms with Crippen LogP contribution in [0.1, 0.15) is 11.1 Å². The van der Waals surface area contributed by atoms with Crippen molar-refractivity contribution in [2.75, 3.05) is 0 Å². The van der Waals surface area contributed by atoms with E-state index in [2.05, 4.69) is 85.8 Å². The Labute approximate surface area is 365 Å². The minimum atomic E-state index is -4.50. The zero-order valence-electron chi connectivity index (χ0n) is 32.6. The number of hydrogen-bond donors (Lipinski definition) is 0. The molecule has 9 aromatic rings. The van der Waals surface area contributed by atoms with Crippen LogP contribution in [0.4, 0.5) is 17.6 Å². The van der Waals surface area contributed by atoms with E-state index >= 15 is 0 Å². The second-order valence-corrected chi connectivity index (χ2v) is 14.6. The zero-order chi connectivity index (χ0) is 41.2. The first-order valence-corrected chi connectivity index (χ1v) is 19.4. The summed E-state index contributed by atoms with van der Waals surface area (Å²) in [6, 6.07) is 60.7. The number of nitrogens with zero attached hydrogens (tertiary/aromatic N) is 2. The average Bonchev–Trinajstić information content (AvgIpc) is 3.29. The van der Waals surface area contributed by atoms with Gasteiger partial charge in [-0.3, -0.25) is 4.39 Å². The third-order valence-electron chi connectivity index (χ3n) is 10.6. The normalized spacial score (nSPS) is 11.2. The number of aryl methyl sites for hydroxylation is 1. The number of hydrogen-bond acceptors (Lipinski definition) is 2. The van der Waals surface area contributed by atoms with E-state index in [-0.39, 0.29) is 31.5 Å². The molecule has 9 rings (SSSR count). The second kappa shape index (κ2) is 17.4. The van der Waals surface area contributed by atoms with Crippen molar-refractivity contribution < 1.29 is 37.7 Å². The SMILES string of the molecule is Cc1cc(-c2ccccc2-c2ccc(-c3[c-]cc(F)cc3)nc2)cc(-c2ccccc2-c2cnc(-c3[c-]ccc(C(F)(F)F)c3)cc2-c2ccc(-c3ccccc3)cc2)c1.[Ir]. The molecule has 1 radical (unpaired) electrons. The van der Waals surface area contributed by atoms with E-state index in [4.69, 9.17) is 9.97 Å². The molecule has 0 aliphatic heterocycles. The van der Waals surface area contributed by atoms with E-state index in [1.807, 2.05) is 79.0 Å². The Morgan fingerprint density at radius 1 is 0.443 bits per heavy atom. The molecule has 7 aromatic carbocycles. The van der Waals surface area contributed by atoms with Gasteiger partial charge in [0.1, 0.15) is 0 Å². The molecule has 0 N–H and O–H groups in total. The van der Waals surface area contributed by atoms with E-state index in [1.54, 1.807) is 12.3 Å². The molecule has 0 saturated heterocycles. The quantitative estimate of drug-likeness (QED) is 0.112. The molecule has 0 atom stereocenters. The summed E-state index contributed by atoms with van der Waals surface area (Å²) in [5, 5.41) is 0. The monoisotopic (exact) mass is 979 g/mol. The second-order valence-electron chi connectivity index (χ2n) is 14.6. The molecular formula is C54H34F4IrN2-2. The van der Waals surface area contributed by atoms with Gasteiger partial charge in [0.2, 0.25) is 0 Å². The molecule has 0 spiro atoms. The Morgan fingerprint density at radius 2 is 1.03 bits per heavy atom. The first-order chi connectivity index (χ1) is 29.2. The van der Waals surface area contributed by atoms with E-state index in [9.17, 15) is 17.6 Å². The predicted molar refractivity (Wildman–Crippen MR) is 233 cm³/mol. The number of alkyl halides is 3. The van der Waals surface area contributed by atoms with Crippen LogP contribution in [0.25, 0.3) is 89.3 Å². The van der Waals surface area contributed by atoms with Gasteiger partial charge >= 0.3 is 6.18 Å². The summed E-state index contributed by atoms with van der Waals surface area (Å²) in [5.74, 6) is -0.346. The maximum absolute atomic E-state index is 13.8. The minimum absolute atomic E-state index is 0. The minimum Gasteiger partial charge on any atom is -0.304 e. The van der Waals surface area contributed by atoms with Gasteiger partial charge in [-0.1, -0.05) is 133 Å². The third kappa shape index (κ3) is 8.76. The standard InChI is InChI=1S/C54H34F4N2.Ir/c1-35-28-42(47-15-6-5-14-46(47)41-24-27-52(59-33-41)39-22-25-45(55)26-23-39)30-43(29-35)48-16-7-8-17-49(48)51-34-60-53(40-12-9-13-44(31-40)54(56,57)58)32-50(51)38-20-18-37(19-21-38)36-10-3-2-4-11-36;/h2-11,13-22,24-34H,1H3;/q-2;. The summed E-state index contributed by atoms with van der Waals surface area (Å²) in [4.78, 5) is 9.47. The van der Waals surface area contributed by atoms with E-state index in [0.29, 0.717) is 17.0 Å². The molecular weight excluding hydrogens is 945 g/mol. The van der Waals surface area contributed by atoms with Crippen LogP contribution in [0.5, 0.6) is 0 Å². The van der Waals surface area contributed by atoms with Gasteiger partial charge in [-0.15, -0.1) is 59.7 Å². The van der Waals surface area contributed by atoms with Crippen molar-refractivity contribution >= 4 is 0 Å². The van der Waals surface area contributed by atoms with E-state index < -0.39 is 11.7 Å². The van der Waals surface area contributed by atoms with Crippen LogP contribution in [0.15, 0.2) is 188 Å². The van der Waals surface area contributed by atoms with Gasteiger partial charge in [0.05, 0.1) is 0 Å². The van der Waals surface area contributed by atoms with Gasteiger partial charge < -0.3 is 9.97 Å². The molecule has 2 heterocycles. The van der Waals surface area contributed by atoms with Crippen LogP contribution >= 0.6 is 0 Å². The molecule has 2 nitrogen and oxygen atoms in total. The molecule has 0 amide bonds. The molecule has 299 valence electrons. The molecule has 0 fully saturated rings. The molecule has 0 unspecified atom stereocenters. The molecule has 0 aliphatic rings. The first kappa shape index (κ1) is 41.0. The summed E-state index contributed by atoms with van der Waals surface area (Å²) in [5.41, 5.74) is 14.0. The fourth-order valence-corrected chi connectivity index (χ4v) is 7.65. The number of pyridine rings is 2. The Bertz CT molecular complexity index is 2960. The van der Waals surface area contributed by atoms with Crippen molar-refractivity contribution in [1.82, 2.24) is 9.97 Å². The van der Waals surface area contributed by atoms with Crippen molar-refractivity contribution in [3.8, 4) is 89.3 Å². The van der Waals surface area contributed by atoms with Gasteiger partial charge in [-0.2, -0.15) is 13.2 Å². The molecule has 61 heavy (non-hydrogen) atoms. The number of aromatic nitrogens is 2. The molecule has 0 bridgehead atoms. The fraction of sp³-hybridized carbons (Fsp3) is 0.0370. The molecule has 2 aromatic heterocycles. The van der Waals surface area contributed by atoms with Gasteiger partial charge in [-0.05, 0) is 96.7 Å². The van der Waals surface area contributed by atoms with Crippen LogP contribution in [0.3, 0.4) is 0 Å². The molecule has 0 saturated carbocycles. The van der Waals surface area contributed by atoms with Crippen LogP contribution in [0.2, 0.25) is 0 Å². The summed E-state index contributed by atoms with van der Waals surface area (Å²) in [7, 11) is 0. The fourth-order valence-electron chi connectivity index (χ4n) is 7.65. The van der Waals surface area contributed by atoms with E-state index in [0.717, 1.165) is 84.5 Å². The van der Waals surface area contributed by atoms with Crippen LogP contribution in [0, 0.1) is 24.9 Å². The Balaban J connectivity index is 0.00000514.